The summed E-state index contributed by atoms with van der Waals surface area (Å²) in [7, 11) is 0. The Morgan fingerprint density at radius 1 is 0.853 bits per heavy atom. The zero-order valence-electron chi connectivity index (χ0n) is 19.3. The zero-order chi connectivity index (χ0) is 23.6. The van der Waals surface area contributed by atoms with E-state index < -0.39 is 0 Å². The summed E-state index contributed by atoms with van der Waals surface area (Å²) in [6, 6.07) is 25.8. The van der Waals surface area contributed by atoms with Crippen molar-refractivity contribution in [2.24, 2.45) is 0 Å². The van der Waals surface area contributed by atoms with Crippen molar-refractivity contribution in [1.29, 1.82) is 0 Å². The Morgan fingerprint density at radius 2 is 1.59 bits per heavy atom. The quantitative estimate of drug-likeness (QED) is 0.229. The van der Waals surface area contributed by atoms with E-state index in [0.29, 0.717) is 6.54 Å². The number of urea groups is 1. The molecule has 1 heterocycles. The van der Waals surface area contributed by atoms with Crippen LogP contribution in [0.3, 0.4) is 0 Å². The number of H-pyrrole nitrogens is 1. The molecule has 0 saturated carbocycles. The fraction of sp³-hybridized carbons (Fsp3) is 0.250. The lowest BCUT2D eigenvalue weighted by Crippen LogP contribution is -2.34. The maximum atomic E-state index is 12.2. The molecule has 0 aliphatic carbocycles. The van der Waals surface area contributed by atoms with Crippen LogP contribution < -0.4 is 10.6 Å². The molecule has 4 rings (SSSR count). The maximum Gasteiger partial charge on any atom is 0.319 e. The number of benzene rings is 3. The van der Waals surface area contributed by atoms with Gasteiger partial charge in [-0.2, -0.15) is 0 Å². The Hall–Kier alpha value is -3.28. The third kappa shape index (κ3) is 7.11. The SMILES string of the molecule is O=C(NCCCN(CCc1ccc(Cl)cc1)CCc1c[nH]c2ccccc12)Nc1ccccc1. The van der Waals surface area contributed by atoms with Gasteiger partial charge in [-0.1, -0.05) is 60.1 Å². The van der Waals surface area contributed by atoms with E-state index in [2.05, 4.69) is 63.1 Å². The average molecular weight is 475 g/mol. The van der Waals surface area contributed by atoms with Gasteiger partial charge in [0.05, 0.1) is 0 Å². The highest BCUT2D eigenvalue weighted by Gasteiger charge is 2.09. The number of carbonyl (C=O) groups excluding carboxylic acids is 1. The van der Waals surface area contributed by atoms with Crippen LogP contribution in [0, 0.1) is 0 Å². The fourth-order valence-electron chi connectivity index (χ4n) is 4.09. The van der Waals surface area contributed by atoms with Crippen LogP contribution in [-0.4, -0.2) is 42.1 Å². The number of anilines is 1. The first kappa shape index (κ1) is 23.9. The maximum absolute atomic E-state index is 12.2. The number of hydrogen-bond acceptors (Lipinski definition) is 2. The van der Waals surface area contributed by atoms with Gasteiger partial charge in [0.1, 0.15) is 0 Å². The van der Waals surface area contributed by atoms with Gasteiger partial charge in [0.2, 0.25) is 0 Å². The molecular weight excluding hydrogens is 444 g/mol. The van der Waals surface area contributed by atoms with E-state index in [-0.39, 0.29) is 6.03 Å². The topological polar surface area (TPSA) is 60.2 Å². The van der Waals surface area contributed by atoms with Crippen LogP contribution in [0.1, 0.15) is 17.5 Å². The molecule has 0 aliphatic rings. The summed E-state index contributed by atoms with van der Waals surface area (Å²) < 4.78 is 0. The normalized spacial score (nSPS) is 11.1. The molecule has 0 unspecified atom stereocenters. The van der Waals surface area contributed by atoms with Gasteiger partial charge >= 0.3 is 6.03 Å². The van der Waals surface area contributed by atoms with Gasteiger partial charge in [0.15, 0.2) is 0 Å². The lowest BCUT2D eigenvalue weighted by molar-refractivity contribution is 0.249. The van der Waals surface area contributed by atoms with Gasteiger partial charge in [-0.15, -0.1) is 0 Å². The summed E-state index contributed by atoms with van der Waals surface area (Å²) in [5, 5.41) is 7.88. The minimum absolute atomic E-state index is 0.169. The van der Waals surface area contributed by atoms with E-state index in [1.165, 1.54) is 22.0 Å². The Kier molecular flexibility index (Phi) is 8.60. The van der Waals surface area contributed by atoms with Crippen molar-refractivity contribution in [3.05, 3.63) is 101 Å². The van der Waals surface area contributed by atoms with Crippen LogP contribution in [0.5, 0.6) is 0 Å². The molecule has 5 nitrogen and oxygen atoms in total. The van der Waals surface area contributed by atoms with Gasteiger partial charge < -0.3 is 20.5 Å². The molecule has 3 N–H and O–H groups in total. The third-order valence-corrected chi connectivity index (χ3v) is 6.22. The van der Waals surface area contributed by atoms with Gasteiger partial charge in [-0.25, -0.2) is 4.79 Å². The summed E-state index contributed by atoms with van der Waals surface area (Å²) in [5.74, 6) is 0. The van der Waals surface area contributed by atoms with Gasteiger partial charge in [0.25, 0.3) is 0 Å². The van der Waals surface area contributed by atoms with Crippen molar-refractivity contribution in [3.63, 3.8) is 0 Å². The number of para-hydroxylation sites is 2. The molecule has 34 heavy (non-hydrogen) atoms. The molecule has 0 saturated heterocycles. The highest BCUT2D eigenvalue weighted by Crippen LogP contribution is 2.18. The van der Waals surface area contributed by atoms with Gasteiger partial charge in [0, 0.05) is 47.4 Å². The van der Waals surface area contributed by atoms with Crippen molar-refractivity contribution in [2.45, 2.75) is 19.3 Å². The molecule has 6 heteroatoms. The van der Waals surface area contributed by atoms with Crippen LogP contribution in [0.2, 0.25) is 5.02 Å². The molecule has 0 radical (unpaired) electrons. The number of aromatic amines is 1. The predicted octanol–water partition coefficient (Wildman–Crippen LogP) is 6.12. The van der Waals surface area contributed by atoms with Crippen molar-refractivity contribution < 1.29 is 4.79 Å². The van der Waals surface area contributed by atoms with E-state index in [0.717, 1.165) is 49.6 Å². The number of nitrogens with one attached hydrogen (secondary N) is 3. The van der Waals surface area contributed by atoms with Gasteiger partial charge in [-0.05, 0) is 67.3 Å². The predicted molar refractivity (Wildman–Crippen MR) is 142 cm³/mol. The minimum atomic E-state index is -0.169. The van der Waals surface area contributed by atoms with Crippen molar-refractivity contribution in [3.8, 4) is 0 Å². The van der Waals surface area contributed by atoms with E-state index in [4.69, 9.17) is 11.6 Å². The molecule has 1 aromatic heterocycles. The Bertz CT molecular complexity index is 1170. The van der Waals surface area contributed by atoms with Crippen LogP contribution in [0.4, 0.5) is 10.5 Å². The molecule has 0 aliphatic heterocycles. The molecule has 0 spiro atoms. The lowest BCUT2D eigenvalue weighted by Gasteiger charge is -2.22. The standard InChI is InChI=1S/C28H31ClN4O/c29-24-13-11-22(12-14-24)15-19-33(20-16-23-21-31-27-10-5-4-9-26(23)27)18-6-17-30-28(34)32-25-7-2-1-3-8-25/h1-5,7-14,21,31H,6,15-20H2,(H2,30,32,34). The molecule has 2 amide bonds. The summed E-state index contributed by atoms with van der Waals surface area (Å²) in [4.78, 5) is 18.0. The summed E-state index contributed by atoms with van der Waals surface area (Å²) >= 11 is 6.04. The molecule has 3 aromatic carbocycles. The Labute approximate surface area is 206 Å². The monoisotopic (exact) mass is 474 g/mol. The molecule has 0 fully saturated rings. The van der Waals surface area contributed by atoms with Crippen molar-refractivity contribution in [1.82, 2.24) is 15.2 Å². The highest BCUT2D eigenvalue weighted by molar-refractivity contribution is 6.30. The smallest absolute Gasteiger partial charge is 0.319 e. The van der Waals surface area contributed by atoms with Crippen LogP contribution >= 0.6 is 11.6 Å². The van der Waals surface area contributed by atoms with Crippen LogP contribution in [0.25, 0.3) is 10.9 Å². The number of aromatic nitrogens is 1. The number of nitrogens with zero attached hydrogens (tertiary/aromatic N) is 1. The molecule has 0 bridgehead atoms. The van der Waals surface area contributed by atoms with E-state index >= 15 is 0 Å². The molecule has 176 valence electrons. The number of halogens is 1. The Balaban J connectivity index is 1.29. The summed E-state index contributed by atoms with van der Waals surface area (Å²) in [6.45, 7) is 3.47. The largest absolute Gasteiger partial charge is 0.361 e. The number of hydrogen-bond donors (Lipinski definition) is 3. The van der Waals surface area contributed by atoms with Crippen LogP contribution in [-0.2, 0) is 12.8 Å². The lowest BCUT2D eigenvalue weighted by atomic mass is 10.1. The fourth-order valence-corrected chi connectivity index (χ4v) is 4.22. The first-order valence-electron chi connectivity index (χ1n) is 11.8. The number of carbonyl (C=O) groups is 1. The first-order chi connectivity index (χ1) is 16.7. The summed E-state index contributed by atoms with van der Waals surface area (Å²) in [6.07, 6.45) is 4.95. The van der Waals surface area contributed by atoms with E-state index in [1.807, 2.05) is 42.5 Å². The van der Waals surface area contributed by atoms with Crippen molar-refractivity contribution in [2.75, 3.05) is 31.5 Å². The third-order valence-electron chi connectivity index (χ3n) is 5.97. The van der Waals surface area contributed by atoms with Crippen LogP contribution in [0.15, 0.2) is 85.1 Å². The van der Waals surface area contributed by atoms with Crippen molar-refractivity contribution >= 4 is 34.2 Å². The number of rotatable bonds is 11. The second-order valence-electron chi connectivity index (χ2n) is 8.43. The number of fused-ring (bicyclic) bond motifs is 1. The molecular formula is C28H31ClN4O. The number of amides is 2. The first-order valence-corrected chi connectivity index (χ1v) is 12.2. The molecule has 4 aromatic rings. The Morgan fingerprint density at radius 3 is 2.41 bits per heavy atom. The van der Waals surface area contributed by atoms with E-state index in [1.54, 1.807) is 0 Å². The average Bonchev–Trinajstić information content (AvgIpc) is 3.28. The summed E-state index contributed by atoms with van der Waals surface area (Å²) in [5.41, 5.74) is 4.59. The molecule has 0 atom stereocenters. The van der Waals surface area contributed by atoms with E-state index in [9.17, 15) is 4.79 Å². The highest BCUT2D eigenvalue weighted by atomic mass is 35.5. The van der Waals surface area contributed by atoms with Gasteiger partial charge in [-0.3, -0.25) is 0 Å². The second kappa shape index (κ2) is 12.3. The second-order valence-corrected chi connectivity index (χ2v) is 8.86. The minimum Gasteiger partial charge on any atom is -0.361 e. The zero-order valence-corrected chi connectivity index (χ0v) is 20.0.